The summed E-state index contributed by atoms with van der Waals surface area (Å²) in [6.45, 7) is 0. The Morgan fingerprint density at radius 2 is 1.72 bits per heavy atom. The van der Waals surface area contributed by atoms with Gasteiger partial charge in [0.2, 0.25) is 10.0 Å². The Morgan fingerprint density at radius 3 is 2.22 bits per heavy atom. The van der Waals surface area contributed by atoms with E-state index in [4.69, 9.17) is 11.6 Å². The number of benzene rings is 1. The van der Waals surface area contributed by atoms with Gasteiger partial charge in [0.15, 0.2) is 0 Å². The zero-order chi connectivity index (χ0) is 13.7. The van der Waals surface area contributed by atoms with Gasteiger partial charge in [-0.05, 0) is 29.8 Å². The van der Waals surface area contributed by atoms with Gasteiger partial charge in [0, 0.05) is 5.56 Å². The van der Waals surface area contributed by atoms with Crippen LogP contribution in [0.1, 0.15) is 31.1 Å². The maximum Gasteiger partial charge on any atom is 0.275 e. The van der Waals surface area contributed by atoms with Crippen LogP contribution in [0.15, 0.2) is 18.2 Å². The lowest BCUT2D eigenvalue weighted by atomic mass is 10.1. The second-order valence-electron chi connectivity index (χ2n) is 3.67. The lowest BCUT2D eigenvalue weighted by molar-refractivity contribution is 0.0766. The van der Waals surface area contributed by atoms with Crippen LogP contribution >= 0.6 is 11.6 Å². The first-order valence-electron chi connectivity index (χ1n) is 4.66. The van der Waals surface area contributed by atoms with Gasteiger partial charge >= 0.3 is 0 Å². The summed E-state index contributed by atoms with van der Waals surface area (Å²) in [4.78, 5) is 34.5. The molecule has 0 atom stereocenters. The molecule has 0 radical (unpaired) electrons. The second-order valence-corrected chi connectivity index (χ2v) is 5.85. The van der Waals surface area contributed by atoms with Gasteiger partial charge in [-0.25, -0.2) is 8.42 Å². The molecule has 1 heterocycles. The summed E-state index contributed by atoms with van der Waals surface area (Å²) in [7, 11) is -3.99. The van der Waals surface area contributed by atoms with Gasteiger partial charge in [-0.3, -0.25) is 14.4 Å². The van der Waals surface area contributed by atoms with E-state index in [0.717, 1.165) is 12.3 Å². The summed E-state index contributed by atoms with van der Waals surface area (Å²) in [6, 6.07) is 3.57. The average Bonchev–Trinajstić information content (AvgIpc) is 2.50. The standard InChI is InChI=1S/C10H6ClNO5S/c1-18(16,17)12-9(14)6-3-2-5(8(11)13)4-7(6)10(12)15/h2-4H,1H3. The van der Waals surface area contributed by atoms with Gasteiger partial charge in [-0.15, -0.1) is 0 Å². The minimum Gasteiger partial charge on any atom is -0.276 e. The minimum atomic E-state index is -3.99. The zero-order valence-electron chi connectivity index (χ0n) is 9.01. The molecule has 2 amide bonds. The monoisotopic (exact) mass is 287 g/mol. The van der Waals surface area contributed by atoms with E-state index in [1.54, 1.807) is 0 Å². The molecule has 0 bridgehead atoms. The molecule has 0 aromatic heterocycles. The number of hydrogen-bond donors (Lipinski definition) is 0. The van der Waals surface area contributed by atoms with Crippen LogP contribution < -0.4 is 0 Å². The maximum absolute atomic E-state index is 11.8. The fraction of sp³-hybridized carbons (Fsp3) is 0.100. The van der Waals surface area contributed by atoms with Crippen molar-refractivity contribution in [2.24, 2.45) is 0 Å². The zero-order valence-corrected chi connectivity index (χ0v) is 10.6. The van der Waals surface area contributed by atoms with Gasteiger partial charge in [0.1, 0.15) is 0 Å². The summed E-state index contributed by atoms with van der Waals surface area (Å²) in [6.07, 6.45) is 0.752. The Kier molecular flexibility index (Phi) is 2.75. The van der Waals surface area contributed by atoms with Crippen LogP contribution in [0.2, 0.25) is 0 Å². The van der Waals surface area contributed by atoms with Crippen LogP contribution in [-0.4, -0.2) is 36.0 Å². The van der Waals surface area contributed by atoms with Crippen molar-refractivity contribution in [2.75, 3.05) is 6.26 Å². The largest absolute Gasteiger partial charge is 0.276 e. The number of hydrogen-bond acceptors (Lipinski definition) is 5. The summed E-state index contributed by atoms with van der Waals surface area (Å²) >= 11 is 5.25. The third kappa shape index (κ3) is 1.81. The van der Waals surface area contributed by atoms with Crippen LogP contribution in [0.5, 0.6) is 0 Å². The van der Waals surface area contributed by atoms with Crippen LogP contribution in [0.3, 0.4) is 0 Å². The van der Waals surface area contributed by atoms with Crippen LogP contribution in [-0.2, 0) is 10.0 Å². The molecule has 2 rings (SSSR count). The quantitative estimate of drug-likeness (QED) is 0.588. The van der Waals surface area contributed by atoms with E-state index < -0.39 is 27.1 Å². The molecule has 0 fully saturated rings. The van der Waals surface area contributed by atoms with Crippen molar-refractivity contribution in [3.05, 3.63) is 34.9 Å². The highest BCUT2D eigenvalue weighted by atomic mass is 35.5. The fourth-order valence-electron chi connectivity index (χ4n) is 1.64. The molecule has 0 aliphatic carbocycles. The second kappa shape index (κ2) is 3.89. The predicted molar refractivity (Wildman–Crippen MR) is 62.0 cm³/mol. The highest BCUT2D eigenvalue weighted by Gasteiger charge is 2.41. The number of amides is 2. The van der Waals surface area contributed by atoms with Crippen molar-refractivity contribution in [1.82, 2.24) is 4.31 Å². The lowest BCUT2D eigenvalue weighted by Gasteiger charge is -2.09. The third-order valence-corrected chi connectivity index (χ3v) is 3.62. The Bertz CT molecular complexity index is 694. The molecule has 0 spiro atoms. The SMILES string of the molecule is CS(=O)(=O)N1C(=O)c2ccc(C(=O)Cl)cc2C1=O. The molecule has 18 heavy (non-hydrogen) atoms. The van der Waals surface area contributed by atoms with Crippen molar-refractivity contribution in [3.8, 4) is 0 Å². The van der Waals surface area contributed by atoms with E-state index in [2.05, 4.69) is 0 Å². The van der Waals surface area contributed by atoms with Crippen molar-refractivity contribution in [2.45, 2.75) is 0 Å². The van der Waals surface area contributed by atoms with E-state index in [1.807, 2.05) is 0 Å². The number of carbonyl (C=O) groups excluding carboxylic acids is 3. The Balaban J connectivity index is 2.63. The Morgan fingerprint density at radius 1 is 1.17 bits per heavy atom. The first-order chi connectivity index (χ1) is 8.23. The third-order valence-electron chi connectivity index (χ3n) is 2.41. The van der Waals surface area contributed by atoms with E-state index in [-0.39, 0.29) is 21.0 Å². The molecule has 94 valence electrons. The molecule has 0 saturated carbocycles. The van der Waals surface area contributed by atoms with E-state index in [9.17, 15) is 22.8 Å². The Labute approximate surface area is 107 Å². The number of fused-ring (bicyclic) bond motifs is 1. The molecule has 8 heteroatoms. The summed E-state index contributed by atoms with van der Waals surface area (Å²) in [5.41, 5.74) is -0.184. The van der Waals surface area contributed by atoms with Gasteiger partial charge in [-0.2, -0.15) is 4.31 Å². The highest BCUT2D eigenvalue weighted by Crippen LogP contribution is 2.26. The number of imide groups is 1. The molecule has 1 aliphatic rings. The smallest absolute Gasteiger partial charge is 0.275 e. The first kappa shape index (κ1) is 12.7. The maximum atomic E-state index is 11.8. The topological polar surface area (TPSA) is 88.6 Å². The van der Waals surface area contributed by atoms with Gasteiger partial charge < -0.3 is 0 Å². The van der Waals surface area contributed by atoms with E-state index >= 15 is 0 Å². The number of sulfonamides is 1. The molecule has 1 aromatic rings. The summed E-state index contributed by atoms with van der Waals surface area (Å²) in [5.74, 6) is -1.90. The van der Waals surface area contributed by atoms with E-state index in [1.165, 1.54) is 12.1 Å². The molecular formula is C10H6ClNO5S. The van der Waals surface area contributed by atoms with Gasteiger partial charge in [-0.1, -0.05) is 0 Å². The molecule has 6 nitrogen and oxygen atoms in total. The number of rotatable bonds is 2. The van der Waals surface area contributed by atoms with Crippen molar-refractivity contribution in [3.63, 3.8) is 0 Å². The fourth-order valence-corrected chi connectivity index (χ4v) is 2.56. The summed E-state index contributed by atoms with van der Waals surface area (Å²) < 4.78 is 22.8. The Hall–Kier alpha value is -1.73. The lowest BCUT2D eigenvalue weighted by Crippen LogP contribution is -2.35. The van der Waals surface area contributed by atoms with Crippen LogP contribution in [0, 0.1) is 0 Å². The number of halogens is 1. The van der Waals surface area contributed by atoms with Gasteiger partial charge in [0.25, 0.3) is 17.1 Å². The summed E-state index contributed by atoms with van der Waals surface area (Å²) in [5, 5.41) is -0.796. The van der Waals surface area contributed by atoms with Crippen molar-refractivity contribution in [1.29, 1.82) is 0 Å². The molecule has 1 aromatic carbocycles. The van der Waals surface area contributed by atoms with Crippen LogP contribution in [0.25, 0.3) is 0 Å². The van der Waals surface area contributed by atoms with E-state index in [0.29, 0.717) is 0 Å². The first-order valence-corrected chi connectivity index (χ1v) is 6.89. The number of carbonyl (C=O) groups is 3. The normalized spacial score (nSPS) is 14.9. The van der Waals surface area contributed by atoms with Gasteiger partial charge in [0.05, 0.1) is 17.4 Å². The predicted octanol–water partition coefficient (Wildman–Crippen LogP) is 0.621. The van der Waals surface area contributed by atoms with Crippen LogP contribution in [0.4, 0.5) is 0 Å². The minimum absolute atomic E-state index is 0.0203. The molecular weight excluding hydrogens is 282 g/mol. The highest BCUT2D eigenvalue weighted by molar-refractivity contribution is 7.89. The average molecular weight is 288 g/mol. The number of nitrogens with zero attached hydrogens (tertiary/aromatic N) is 1. The van der Waals surface area contributed by atoms with Crippen molar-refractivity contribution < 1.29 is 22.8 Å². The molecule has 0 N–H and O–H groups in total. The molecule has 1 aliphatic heterocycles. The van der Waals surface area contributed by atoms with Crippen molar-refractivity contribution >= 4 is 38.7 Å². The molecule has 0 unspecified atom stereocenters. The molecule has 0 saturated heterocycles.